The maximum Gasteiger partial charge on any atom is -0.00263 e. The van der Waals surface area contributed by atoms with Crippen LogP contribution in [-0.4, -0.2) is 0 Å². The zero-order valence-corrected chi connectivity index (χ0v) is 17.8. The molecule has 0 amide bonds. The van der Waals surface area contributed by atoms with Gasteiger partial charge in [0.05, 0.1) is 0 Å². The van der Waals surface area contributed by atoms with E-state index >= 15 is 0 Å². The molecule has 0 atom stereocenters. The molecule has 0 N–H and O–H groups in total. The quantitative estimate of drug-likeness (QED) is 0.266. The molecule has 0 aromatic heterocycles. The minimum Gasteiger partial charge on any atom is -0.0622 e. The highest BCUT2D eigenvalue weighted by molar-refractivity contribution is 6.21. The first kappa shape index (κ1) is 18.6. The van der Waals surface area contributed by atoms with Crippen LogP contribution < -0.4 is 0 Å². The van der Waals surface area contributed by atoms with Gasteiger partial charge in [-0.25, -0.2) is 0 Å². The lowest BCUT2D eigenvalue weighted by molar-refractivity contribution is 0.590. The summed E-state index contributed by atoms with van der Waals surface area (Å²) >= 11 is 0. The highest BCUT2D eigenvalue weighted by atomic mass is 14.2. The van der Waals surface area contributed by atoms with Crippen molar-refractivity contribution < 1.29 is 0 Å². The van der Waals surface area contributed by atoms with Gasteiger partial charge in [0.2, 0.25) is 0 Å². The van der Waals surface area contributed by atoms with Crippen LogP contribution in [0, 0.1) is 0 Å². The van der Waals surface area contributed by atoms with Gasteiger partial charge in [0.25, 0.3) is 0 Å². The first-order chi connectivity index (χ1) is 14.5. The Bertz CT molecular complexity index is 1290. The van der Waals surface area contributed by atoms with Crippen molar-refractivity contribution in [3.63, 3.8) is 0 Å². The third-order valence-corrected chi connectivity index (χ3v) is 6.01. The molecule has 0 heteroatoms. The van der Waals surface area contributed by atoms with Gasteiger partial charge in [0.15, 0.2) is 0 Å². The van der Waals surface area contributed by atoms with Crippen molar-refractivity contribution in [2.75, 3.05) is 0 Å². The predicted octanol–water partition coefficient (Wildman–Crippen LogP) is 8.62. The minimum absolute atomic E-state index is 0.117. The van der Waals surface area contributed by atoms with E-state index in [0.29, 0.717) is 0 Å². The topological polar surface area (TPSA) is 0 Å². The van der Waals surface area contributed by atoms with Crippen LogP contribution in [0.25, 0.3) is 43.8 Å². The van der Waals surface area contributed by atoms with Crippen molar-refractivity contribution >= 4 is 21.5 Å². The van der Waals surface area contributed by atoms with Crippen LogP contribution in [0.1, 0.15) is 26.3 Å². The average molecular weight is 387 g/mol. The summed E-state index contributed by atoms with van der Waals surface area (Å²) in [6, 6.07) is 37.5. The number of rotatable bonds is 2. The fourth-order valence-electron chi connectivity index (χ4n) is 4.50. The van der Waals surface area contributed by atoms with E-state index in [1.165, 1.54) is 49.4 Å². The maximum atomic E-state index is 2.37. The molecule has 5 aromatic carbocycles. The minimum atomic E-state index is 0.117. The van der Waals surface area contributed by atoms with Gasteiger partial charge in [0.1, 0.15) is 0 Å². The molecule has 0 aliphatic heterocycles. The van der Waals surface area contributed by atoms with Gasteiger partial charge in [-0.05, 0) is 54.8 Å². The van der Waals surface area contributed by atoms with Crippen molar-refractivity contribution in [3.05, 3.63) is 109 Å². The fraction of sp³-hybridized carbons (Fsp3) is 0.133. The molecule has 0 radical (unpaired) electrons. The second-order valence-corrected chi connectivity index (χ2v) is 9.04. The molecule has 30 heavy (non-hydrogen) atoms. The summed E-state index contributed by atoms with van der Waals surface area (Å²) in [5.41, 5.74) is 6.67. The van der Waals surface area contributed by atoms with Crippen molar-refractivity contribution in [1.29, 1.82) is 0 Å². The summed E-state index contributed by atoms with van der Waals surface area (Å²) in [5.74, 6) is 0. The summed E-state index contributed by atoms with van der Waals surface area (Å²) < 4.78 is 0. The van der Waals surface area contributed by atoms with Gasteiger partial charge < -0.3 is 0 Å². The number of benzene rings is 5. The highest BCUT2D eigenvalue weighted by Gasteiger charge is 2.18. The number of hydrogen-bond acceptors (Lipinski definition) is 0. The van der Waals surface area contributed by atoms with Crippen LogP contribution >= 0.6 is 0 Å². The predicted molar refractivity (Wildman–Crippen MR) is 131 cm³/mol. The Hall–Kier alpha value is -3.38. The first-order valence-electron chi connectivity index (χ1n) is 10.6. The van der Waals surface area contributed by atoms with Gasteiger partial charge in [-0.2, -0.15) is 0 Å². The Kier molecular flexibility index (Phi) is 4.44. The summed E-state index contributed by atoms with van der Waals surface area (Å²) in [5, 5.41) is 5.22. The lowest BCUT2D eigenvalue weighted by Crippen LogP contribution is -2.10. The van der Waals surface area contributed by atoms with Crippen LogP contribution in [-0.2, 0) is 5.41 Å². The third-order valence-electron chi connectivity index (χ3n) is 6.01. The lowest BCUT2D eigenvalue weighted by Gasteiger charge is -2.22. The zero-order chi connectivity index (χ0) is 20.7. The van der Waals surface area contributed by atoms with Crippen molar-refractivity contribution in [2.24, 2.45) is 0 Å². The molecule has 0 bridgehead atoms. The van der Waals surface area contributed by atoms with Crippen LogP contribution in [0.3, 0.4) is 0 Å². The van der Waals surface area contributed by atoms with Gasteiger partial charge in [0, 0.05) is 0 Å². The largest absolute Gasteiger partial charge is 0.0622 e. The Morgan fingerprint density at radius 2 is 0.867 bits per heavy atom. The van der Waals surface area contributed by atoms with Gasteiger partial charge >= 0.3 is 0 Å². The van der Waals surface area contributed by atoms with E-state index in [1.54, 1.807) is 0 Å². The normalized spacial score (nSPS) is 11.8. The smallest absolute Gasteiger partial charge is 0.00263 e. The number of hydrogen-bond donors (Lipinski definition) is 0. The molecule has 0 aliphatic rings. The number of fused-ring (bicyclic) bond motifs is 2. The molecule has 146 valence electrons. The van der Waals surface area contributed by atoms with Gasteiger partial charge in [-0.3, -0.25) is 0 Å². The molecule has 0 heterocycles. The second-order valence-electron chi connectivity index (χ2n) is 9.04. The molecule has 0 aliphatic carbocycles. The van der Waals surface area contributed by atoms with Gasteiger partial charge in [-0.15, -0.1) is 0 Å². The lowest BCUT2D eigenvalue weighted by atomic mass is 9.82. The summed E-state index contributed by atoms with van der Waals surface area (Å²) in [4.78, 5) is 0. The van der Waals surface area contributed by atoms with Crippen LogP contribution in [0.2, 0.25) is 0 Å². The molecule has 0 saturated carbocycles. The fourth-order valence-corrected chi connectivity index (χ4v) is 4.50. The molecule has 0 spiro atoms. The molecule has 0 fully saturated rings. The maximum absolute atomic E-state index is 2.37. The SMILES string of the molecule is CC(C)(C)c1cccc(-c2c3ccccc3c(-c3ccccc3)c3ccccc23)c1. The highest BCUT2D eigenvalue weighted by Crippen LogP contribution is 2.43. The molecule has 0 unspecified atom stereocenters. The Balaban J connectivity index is 1.94. The Morgan fingerprint density at radius 1 is 0.433 bits per heavy atom. The molecule has 5 aromatic rings. The summed E-state index contributed by atoms with van der Waals surface area (Å²) in [6.07, 6.45) is 0. The molecule has 5 rings (SSSR count). The summed E-state index contributed by atoms with van der Waals surface area (Å²) in [6.45, 7) is 6.84. The van der Waals surface area contributed by atoms with E-state index in [9.17, 15) is 0 Å². The van der Waals surface area contributed by atoms with E-state index in [0.717, 1.165) is 0 Å². The molecular weight excluding hydrogens is 360 g/mol. The Labute approximate surface area is 178 Å². The third kappa shape index (κ3) is 3.09. The molecule has 0 saturated heterocycles. The van der Waals surface area contributed by atoms with E-state index < -0.39 is 0 Å². The molecular formula is C30H26. The van der Waals surface area contributed by atoms with Crippen LogP contribution in [0.5, 0.6) is 0 Å². The van der Waals surface area contributed by atoms with E-state index in [2.05, 4.69) is 124 Å². The van der Waals surface area contributed by atoms with Crippen molar-refractivity contribution in [3.8, 4) is 22.3 Å². The van der Waals surface area contributed by atoms with Crippen molar-refractivity contribution in [2.45, 2.75) is 26.2 Å². The van der Waals surface area contributed by atoms with Crippen molar-refractivity contribution in [1.82, 2.24) is 0 Å². The monoisotopic (exact) mass is 386 g/mol. The first-order valence-corrected chi connectivity index (χ1v) is 10.6. The standard InChI is InChI=1S/C30H26/c1-30(2,3)23-15-11-14-22(20-23)29-26-18-9-7-16-24(26)28(21-12-5-4-6-13-21)25-17-8-10-19-27(25)29/h4-20H,1-3H3. The van der Waals surface area contributed by atoms with E-state index in [1.807, 2.05) is 0 Å². The second kappa shape index (κ2) is 7.15. The van der Waals surface area contributed by atoms with Crippen LogP contribution in [0.4, 0.5) is 0 Å². The summed E-state index contributed by atoms with van der Waals surface area (Å²) in [7, 11) is 0. The van der Waals surface area contributed by atoms with Crippen LogP contribution in [0.15, 0.2) is 103 Å². The Morgan fingerprint density at radius 3 is 1.37 bits per heavy atom. The van der Waals surface area contributed by atoms with E-state index in [4.69, 9.17) is 0 Å². The van der Waals surface area contributed by atoms with E-state index in [-0.39, 0.29) is 5.41 Å². The average Bonchev–Trinajstić information content (AvgIpc) is 2.77. The van der Waals surface area contributed by atoms with Gasteiger partial charge in [-0.1, -0.05) is 124 Å². The molecule has 0 nitrogen and oxygen atoms in total. The zero-order valence-electron chi connectivity index (χ0n) is 17.8.